The van der Waals surface area contributed by atoms with E-state index in [1.165, 1.54) is 0 Å². The van der Waals surface area contributed by atoms with Crippen LogP contribution >= 0.6 is 0 Å². The van der Waals surface area contributed by atoms with Crippen LogP contribution in [0.2, 0.25) is 0 Å². The summed E-state index contributed by atoms with van der Waals surface area (Å²) in [7, 11) is 0. The molecule has 0 N–H and O–H groups in total. The largest absolute Gasteiger partial charge is 0.379 e. The van der Waals surface area contributed by atoms with Gasteiger partial charge in [-0.15, -0.1) is 0 Å². The van der Waals surface area contributed by atoms with Crippen LogP contribution in [0, 0.1) is 12.3 Å². The molecule has 0 spiro atoms. The van der Waals surface area contributed by atoms with Crippen molar-refractivity contribution in [1.29, 1.82) is 0 Å². The van der Waals surface area contributed by atoms with Crippen molar-refractivity contribution in [3.8, 4) is 0 Å². The molecule has 0 aromatic carbocycles. The van der Waals surface area contributed by atoms with E-state index in [2.05, 4.69) is 28.7 Å². The van der Waals surface area contributed by atoms with E-state index >= 15 is 0 Å². The Morgan fingerprint density at radius 1 is 1.44 bits per heavy atom. The maximum Gasteiger partial charge on any atom is 0.132 e. The molecule has 1 aliphatic rings. The van der Waals surface area contributed by atoms with Gasteiger partial charge < -0.3 is 9.64 Å². The highest BCUT2D eigenvalue weighted by atomic mass is 16.5. The lowest BCUT2D eigenvalue weighted by Crippen LogP contribution is -2.35. The molecule has 88 valence electrons. The van der Waals surface area contributed by atoms with Crippen LogP contribution in [-0.4, -0.2) is 36.3 Å². The lowest BCUT2D eigenvalue weighted by molar-refractivity contribution is 0.0893. The van der Waals surface area contributed by atoms with Crippen molar-refractivity contribution in [2.24, 2.45) is 5.41 Å². The molecule has 0 saturated carbocycles. The number of hydrogen-bond donors (Lipinski definition) is 0. The first-order valence-corrected chi connectivity index (χ1v) is 5.69. The lowest BCUT2D eigenvalue weighted by Gasteiger charge is -2.29. The molecule has 1 saturated heterocycles. The van der Waals surface area contributed by atoms with Gasteiger partial charge in [-0.3, -0.25) is 0 Å². The second-order valence-electron chi connectivity index (χ2n) is 5.10. The first-order valence-electron chi connectivity index (χ1n) is 5.69. The first kappa shape index (κ1) is 11.3. The van der Waals surface area contributed by atoms with Gasteiger partial charge in [-0.25, -0.2) is 9.97 Å². The van der Waals surface area contributed by atoms with Crippen LogP contribution in [0.1, 0.15) is 19.7 Å². The topological polar surface area (TPSA) is 38.2 Å². The molecule has 16 heavy (non-hydrogen) atoms. The van der Waals surface area contributed by atoms with Gasteiger partial charge in [-0.1, -0.05) is 13.8 Å². The summed E-state index contributed by atoms with van der Waals surface area (Å²) in [6.45, 7) is 9.82. The Bertz CT molecular complexity index is 365. The number of nitrogens with zero attached hydrogens (tertiary/aromatic N) is 3. The zero-order chi connectivity index (χ0) is 11.6. The maximum absolute atomic E-state index is 5.61. The van der Waals surface area contributed by atoms with E-state index < -0.39 is 0 Å². The summed E-state index contributed by atoms with van der Waals surface area (Å²) < 4.78 is 5.61. The van der Waals surface area contributed by atoms with E-state index in [1.807, 2.05) is 19.2 Å². The molecule has 0 amide bonds. The molecule has 2 heterocycles. The molecule has 0 radical (unpaired) electrons. The lowest BCUT2D eigenvalue weighted by atomic mass is 9.94. The van der Waals surface area contributed by atoms with Gasteiger partial charge in [0.05, 0.1) is 13.2 Å². The Morgan fingerprint density at radius 3 is 3.00 bits per heavy atom. The zero-order valence-corrected chi connectivity index (χ0v) is 10.2. The third kappa shape index (κ3) is 2.70. The van der Waals surface area contributed by atoms with Gasteiger partial charge in [0.15, 0.2) is 0 Å². The van der Waals surface area contributed by atoms with Gasteiger partial charge in [0.1, 0.15) is 11.6 Å². The summed E-state index contributed by atoms with van der Waals surface area (Å²) in [5.74, 6) is 1.83. The summed E-state index contributed by atoms with van der Waals surface area (Å²) in [4.78, 5) is 10.9. The number of aromatic nitrogens is 2. The second-order valence-corrected chi connectivity index (χ2v) is 5.10. The van der Waals surface area contributed by atoms with Crippen LogP contribution in [0.15, 0.2) is 12.3 Å². The van der Waals surface area contributed by atoms with Crippen LogP contribution in [0.25, 0.3) is 0 Å². The van der Waals surface area contributed by atoms with Crippen molar-refractivity contribution >= 4 is 5.82 Å². The molecule has 4 heteroatoms. The quantitative estimate of drug-likeness (QED) is 0.722. The van der Waals surface area contributed by atoms with E-state index in [0.717, 1.165) is 37.9 Å². The molecular weight excluding hydrogens is 202 g/mol. The van der Waals surface area contributed by atoms with Crippen molar-refractivity contribution in [2.75, 3.05) is 31.2 Å². The van der Waals surface area contributed by atoms with E-state index in [0.29, 0.717) is 0 Å². The van der Waals surface area contributed by atoms with E-state index in [4.69, 9.17) is 4.74 Å². The van der Waals surface area contributed by atoms with Crippen LogP contribution in [0.3, 0.4) is 0 Å². The molecule has 0 unspecified atom stereocenters. The minimum atomic E-state index is 0.176. The van der Waals surface area contributed by atoms with Crippen LogP contribution in [0.4, 0.5) is 5.82 Å². The third-order valence-electron chi connectivity index (χ3n) is 2.70. The number of hydrogen-bond acceptors (Lipinski definition) is 4. The molecule has 1 aromatic heterocycles. The van der Waals surface area contributed by atoms with E-state index in [1.54, 1.807) is 0 Å². The predicted molar refractivity (Wildman–Crippen MR) is 63.6 cm³/mol. The van der Waals surface area contributed by atoms with Crippen LogP contribution in [0.5, 0.6) is 0 Å². The Morgan fingerprint density at radius 2 is 2.25 bits per heavy atom. The van der Waals surface area contributed by atoms with Crippen molar-refractivity contribution in [2.45, 2.75) is 20.8 Å². The average Bonchev–Trinajstić information content (AvgIpc) is 2.39. The maximum atomic E-state index is 5.61. The molecule has 1 aromatic rings. The monoisotopic (exact) mass is 221 g/mol. The molecule has 0 aliphatic carbocycles. The molecule has 4 nitrogen and oxygen atoms in total. The number of ether oxygens (including phenoxy) is 1. The van der Waals surface area contributed by atoms with Crippen molar-refractivity contribution in [1.82, 2.24) is 9.97 Å². The first-order chi connectivity index (χ1) is 7.57. The number of rotatable bonds is 1. The van der Waals surface area contributed by atoms with E-state index in [-0.39, 0.29) is 5.41 Å². The number of anilines is 1. The Labute approximate surface area is 96.7 Å². The standard InChI is InChI=1S/C12H19N3O/c1-10-13-5-4-11(14-10)15-6-7-16-9-12(2,3)8-15/h4-5H,6-9H2,1-3H3. The van der Waals surface area contributed by atoms with Crippen molar-refractivity contribution < 1.29 is 4.74 Å². The Hall–Kier alpha value is -1.16. The van der Waals surface area contributed by atoms with Crippen molar-refractivity contribution in [3.05, 3.63) is 18.1 Å². The predicted octanol–water partition coefficient (Wildman–Crippen LogP) is 1.65. The van der Waals surface area contributed by atoms with Crippen LogP contribution in [-0.2, 0) is 4.74 Å². The van der Waals surface area contributed by atoms with Gasteiger partial charge >= 0.3 is 0 Å². The van der Waals surface area contributed by atoms with Gasteiger partial charge in [0.25, 0.3) is 0 Å². The smallest absolute Gasteiger partial charge is 0.132 e. The summed E-state index contributed by atoms with van der Waals surface area (Å²) in [6.07, 6.45) is 1.82. The van der Waals surface area contributed by atoms with Gasteiger partial charge in [0, 0.05) is 24.7 Å². The summed E-state index contributed by atoms with van der Waals surface area (Å²) in [5, 5.41) is 0. The third-order valence-corrected chi connectivity index (χ3v) is 2.70. The average molecular weight is 221 g/mol. The van der Waals surface area contributed by atoms with Gasteiger partial charge in [0.2, 0.25) is 0 Å². The number of aryl methyl sites for hydroxylation is 1. The SMILES string of the molecule is Cc1nccc(N2CCOCC(C)(C)C2)n1. The Balaban J connectivity index is 2.19. The second kappa shape index (κ2) is 4.37. The highest BCUT2D eigenvalue weighted by Gasteiger charge is 2.26. The van der Waals surface area contributed by atoms with Gasteiger partial charge in [-0.2, -0.15) is 0 Å². The summed E-state index contributed by atoms with van der Waals surface area (Å²) >= 11 is 0. The molecule has 0 atom stereocenters. The molecule has 1 fully saturated rings. The Kier molecular flexibility index (Phi) is 3.10. The zero-order valence-electron chi connectivity index (χ0n) is 10.2. The highest BCUT2D eigenvalue weighted by molar-refractivity contribution is 5.37. The summed E-state index contributed by atoms with van der Waals surface area (Å²) in [5.41, 5.74) is 0.176. The molecule has 1 aliphatic heterocycles. The fourth-order valence-electron chi connectivity index (χ4n) is 1.98. The van der Waals surface area contributed by atoms with Gasteiger partial charge in [-0.05, 0) is 13.0 Å². The van der Waals surface area contributed by atoms with E-state index in [9.17, 15) is 0 Å². The normalized spacial score (nSPS) is 20.6. The molecule has 2 rings (SSSR count). The fraction of sp³-hybridized carbons (Fsp3) is 0.667. The minimum Gasteiger partial charge on any atom is -0.379 e. The summed E-state index contributed by atoms with van der Waals surface area (Å²) in [6, 6.07) is 1.97. The molecular formula is C12H19N3O. The van der Waals surface area contributed by atoms with Crippen molar-refractivity contribution in [3.63, 3.8) is 0 Å². The fourth-order valence-corrected chi connectivity index (χ4v) is 1.98. The van der Waals surface area contributed by atoms with Crippen LogP contribution < -0.4 is 4.90 Å². The highest BCUT2D eigenvalue weighted by Crippen LogP contribution is 2.23. The molecule has 0 bridgehead atoms. The minimum absolute atomic E-state index is 0.176.